The third kappa shape index (κ3) is 3.48. The summed E-state index contributed by atoms with van der Waals surface area (Å²) >= 11 is 1.14. The zero-order chi connectivity index (χ0) is 16.2. The molecule has 0 aliphatic rings. The van der Waals surface area contributed by atoms with E-state index in [1.807, 2.05) is 36.4 Å². The fourth-order valence-electron chi connectivity index (χ4n) is 2.44. The van der Waals surface area contributed by atoms with Gasteiger partial charge in [0.05, 0.1) is 24.0 Å². The van der Waals surface area contributed by atoms with Crippen LogP contribution >= 0.6 is 11.7 Å². The van der Waals surface area contributed by atoms with Crippen molar-refractivity contribution in [3.63, 3.8) is 0 Å². The number of hydrogen-bond acceptors (Lipinski definition) is 5. The molecule has 2 aromatic carbocycles. The smallest absolute Gasteiger partial charge is 0.243 e. The van der Waals surface area contributed by atoms with Gasteiger partial charge in [0.1, 0.15) is 11.0 Å². The van der Waals surface area contributed by atoms with Crippen molar-refractivity contribution in [3.8, 4) is 0 Å². The predicted molar refractivity (Wildman–Crippen MR) is 95.1 cm³/mol. The summed E-state index contributed by atoms with van der Waals surface area (Å²) in [5.74, 6) is 0.292. The van der Waals surface area contributed by atoms with Crippen LogP contribution in [0.1, 0.15) is 25.3 Å². The lowest BCUT2D eigenvalue weighted by Gasteiger charge is -2.14. The second kappa shape index (κ2) is 6.75. The summed E-state index contributed by atoms with van der Waals surface area (Å²) in [5.41, 5.74) is 4.41. The van der Waals surface area contributed by atoms with Crippen molar-refractivity contribution in [1.82, 2.24) is 8.75 Å². The average molecular weight is 326 g/mol. The highest BCUT2D eigenvalue weighted by molar-refractivity contribution is 7.00. The van der Waals surface area contributed by atoms with E-state index in [4.69, 9.17) is 0 Å². The molecule has 0 unspecified atom stereocenters. The molecule has 0 radical (unpaired) electrons. The first-order chi connectivity index (χ1) is 11.1. The molecule has 1 amide bonds. The van der Waals surface area contributed by atoms with Crippen LogP contribution in [-0.4, -0.2) is 21.2 Å². The van der Waals surface area contributed by atoms with Crippen LogP contribution in [0.25, 0.3) is 11.0 Å². The summed E-state index contributed by atoms with van der Waals surface area (Å²) in [5, 5.41) is 6.10. The van der Waals surface area contributed by atoms with Gasteiger partial charge in [-0.25, -0.2) is 0 Å². The number of anilines is 2. The number of carbonyl (C=O) groups excluding carboxylic acids is 1. The highest BCUT2D eigenvalue weighted by atomic mass is 32.1. The number of fused-ring (bicyclic) bond motifs is 1. The lowest BCUT2D eigenvalue weighted by atomic mass is 10.0. The first kappa shape index (κ1) is 15.4. The minimum atomic E-state index is -0.107. The molecule has 0 saturated carbocycles. The third-order valence-corrected chi connectivity index (χ3v) is 4.12. The first-order valence-corrected chi connectivity index (χ1v) is 8.22. The molecule has 3 aromatic rings. The quantitative estimate of drug-likeness (QED) is 0.747. The second-order valence-electron chi connectivity index (χ2n) is 5.58. The van der Waals surface area contributed by atoms with Crippen molar-refractivity contribution >= 4 is 40.0 Å². The molecule has 2 N–H and O–H groups in total. The van der Waals surface area contributed by atoms with E-state index in [0.717, 1.165) is 28.4 Å². The van der Waals surface area contributed by atoms with Gasteiger partial charge in [-0.1, -0.05) is 38.1 Å². The fraction of sp³-hybridized carbons (Fsp3) is 0.235. The number of rotatable bonds is 5. The van der Waals surface area contributed by atoms with Gasteiger partial charge in [-0.3, -0.25) is 4.79 Å². The zero-order valence-electron chi connectivity index (χ0n) is 13.0. The Morgan fingerprint density at radius 2 is 1.87 bits per heavy atom. The Balaban J connectivity index is 1.68. The minimum Gasteiger partial charge on any atom is -0.376 e. The molecule has 1 heterocycles. The molecule has 5 nitrogen and oxygen atoms in total. The van der Waals surface area contributed by atoms with E-state index in [0.29, 0.717) is 11.6 Å². The van der Waals surface area contributed by atoms with Gasteiger partial charge in [0.15, 0.2) is 0 Å². The fourth-order valence-corrected chi connectivity index (χ4v) is 2.99. The van der Waals surface area contributed by atoms with Gasteiger partial charge in [-0.05, 0) is 29.7 Å². The number of nitrogens with one attached hydrogen (secondary N) is 2. The standard InChI is InChI=1S/C17H18N4OS/c1-11(2)12-6-3-4-7-13(12)18-10-16(22)19-14-8-5-9-15-17(14)21-23-20-15/h3-9,11,18H,10H2,1-2H3,(H,19,22). The van der Waals surface area contributed by atoms with Crippen molar-refractivity contribution in [3.05, 3.63) is 48.0 Å². The Morgan fingerprint density at radius 1 is 1.09 bits per heavy atom. The summed E-state index contributed by atoms with van der Waals surface area (Å²) in [6.45, 7) is 4.48. The van der Waals surface area contributed by atoms with Gasteiger partial charge in [0.25, 0.3) is 0 Å². The summed E-state index contributed by atoms with van der Waals surface area (Å²) in [7, 11) is 0. The Bertz CT molecular complexity index is 828. The van der Waals surface area contributed by atoms with Crippen molar-refractivity contribution in [2.24, 2.45) is 0 Å². The van der Waals surface area contributed by atoms with E-state index < -0.39 is 0 Å². The van der Waals surface area contributed by atoms with E-state index >= 15 is 0 Å². The molecular formula is C17H18N4OS. The van der Waals surface area contributed by atoms with Crippen molar-refractivity contribution in [2.45, 2.75) is 19.8 Å². The third-order valence-electron chi connectivity index (χ3n) is 3.58. The van der Waals surface area contributed by atoms with Crippen LogP contribution in [0.15, 0.2) is 42.5 Å². The summed E-state index contributed by atoms with van der Waals surface area (Å²) < 4.78 is 8.40. The lowest BCUT2D eigenvalue weighted by Crippen LogP contribution is -2.22. The summed E-state index contributed by atoms with van der Waals surface area (Å²) in [6.07, 6.45) is 0. The average Bonchev–Trinajstić information content (AvgIpc) is 3.03. The number of aromatic nitrogens is 2. The van der Waals surface area contributed by atoms with Crippen LogP contribution in [-0.2, 0) is 4.79 Å². The van der Waals surface area contributed by atoms with Gasteiger partial charge in [-0.2, -0.15) is 8.75 Å². The second-order valence-corrected chi connectivity index (χ2v) is 6.11. The largest absolute Gasteiger partial charge is 0.376 e. The van der Waals surface area contributed by atoms with Gasteiger partial charge in [-0.15, -0.1) is 0 Å². The van der Waals surface area contributed by atoms with Gasteiger partial charge in [0.2, 0.25) is 5.91 Å². The normalized spacial score (nSPS) is 10.9. The molecular weight excluding hydrogens is 308 g/mol. The van der Waals surface area contributed by atoms with Crippen LogP contribution in [0.3, 0.4) is 0 Å². The molecule has 0 spiro atoms. The summed E-state index contributed by atoms with van der Waals surface area (Å²) in [6, 6.07) is 13.6. The maximum absolute atomic E-state index is 12.2. The van der Waals surface area contributed by atoms with Gasteiger partial charge in [0, 0.05) is 5.69 Å². The van der Waals surface area contributed by atoms with Crippen LogP contribution in [0.4, 0.5) is 11.4 Å². The van der Waals surface area contributed by atoms with Crippen molar-refractivity contribution in [2.75, 3.05) is 17.2 Å². The van der Waals surface area contributed by atoms with E-state index in [2.05, 4.69) is 39.3 Å². The van der Waals surface area contributed by atoms with Crippen molar-refractivity contribution in [1.29, 1.82) is 0 Å². The van der Waals surface area contributed by atoms with Gasteiger partial charge >= 0.3 is 0 Å². The topological polar surface area (TPSA) is 66.9 Å². The molecule has 23 heavy (non-hydrogen) atoms. The lowest BCUT2D eigenvalue weighted by molar-refractivity contribution is -0.114. The molecule has 0 saturated heterocycles. The highest BCUT2D eigenvalue weighted by Gasteiger charge is 2.10. The first-order valence-electron chi connectivity index (χ1n) is 7.49. The Kier molecular flexibility index (Phi) is 4.52. The highest BCUT2D eigenvalue weighted by Crippen LogP contribution is 2.24. The molecule has 0 bridgehead atoms. The molecule has 0 aliphatic heterocycles. The Labute approximate surface area is 139 Å². The van der Waals surface area contributed by atoms with Crippen LogP contribution in [0.2, 0.25) is 0 Å². The maximum atomic E-state index is 12.2. The maximum Gasteiger partial charge on any atom is 0.243 e. The van der Waals surface area contributed by atoms with E-state index in [1.54, 1.807) is 0 Å². The molecule has 0 fully saturated rings. The van der Waals surface area contributed by atoms with Crippen LogP contribution < -0.4 is 10.6 Å². The van der Waals surface area contributed by atoms with Crippen LogP contribution in [0.5, 0.6) is 0 Å². The van der Waals surface area contributed by atoms with Gasteiger partial charge < -0.3 is 10.6 Å². The number of nitrogens with zero attached hydrogens (tertiary/aromatic N) is 2. The summed E-state index contributed by atoms with van der Waals surface area (Å²) in [4.78, 5) is 12.2. The van der Waals surface area contributed by atoms with E-state index in [1.165, 1.54) is 5.56 Å². The molecule has 6 heteroatoms. The predicted octanol–water partition coefficient (Wildman–Crippen LogP) is 3.87. The number of benzene rings is 2. The van der Waals surface area contributed by atoms with Crippen molar-refractivity contribution < 1.29 is 4.79 Å². The minimum absolute atomic E-state index is 0.107. The number of para-hydroxylation sites is 1. The van der Waals surface area contributed by atoms with Crippen LogP contribution in [0, 0.1) is 0 Å². The Morgan fingerprint density at radius 3 is 2.70 bits per heavy atom. The molecule has 0 aliphatic carbocycles. The molecule has 118 valence electrons. The SMILES string of the molecule is CC(C)c1ccccc1NCC(=O)Nc1cccc2nsnc12. The molecule has 0 atom stereocenters. The number of carbonyl (C=O) groups is 1. The number of amides is 1. The Hall–Kier alpha value is -2.47. The van der Waals surface area contributed by atoms with E-state index in [-0.39, 0.29) is 12.5 Å². The molecule has 1 aromatic heterocycles. The van der Waals surface area contributed by atoms with E-state index in [9.17, 15) is 4.79 Å². The monoisotopic (exact) mass is 326 g/mol. The number of hydrogen-bond donors (Lipinski definition) is 2. The zero-order valence-corrected chi connectivity index (χ0v) is 13.9. The molecule has 3 rings (SSSR count).